The van der Waals surface area contributed by atoms with Gasteiger partial charge in [0.15, 0.2) is 10.2 Å². The number of rotatable bonds is 6. The zero-order valence-electron chi connectivity index (χ0n) is 15.5. The van der Waals surface area contributed by atoms with Gasteiger partial charge in [0.05, 0.1) is 28.0 Å². The van der Waals surface area contributed by atoms with E-state index in [0.29, 0.717) is 22.8 Å². The third-order valence-corrected chi connectivity index (χ3v) is 5.06. The molecule has 0 saturated heterocycles. The lowest BCUT2D eigenvalue weighted by Gasteiger charge is -2.07. The Bertz CT molecular complexity index is 1070. The Hall–Kier alpha value is -2.91. The minimum atomic E-state index is -0.654. The van der Waals surface area contributed by atoms with Gasteiger partial charge in [-0.1, -0.05) is 36.8 Å². The van der Waals surface area contributed by atoms with Gasteiger partial charge in [0.25, 0.3) is 5.91 Å². The van der Waals surface area contributed by atoms with Crippen LogP contribution < -0.4 is 10.6 Å². The molecule has 6 nitrogen and oxygen atoms in total. The van der Waals surface area contributed by atoms with E-state index in [0.717, 1.165) is 17.5 Å². The molecule has 0 saturated carbocycles. The molecule has 1 aromatic heterocycles. The van der Waals surface area contributed by atoms with Gasteiger partial charge in [-0.3, -0.25) is 10.1 Å². The van der Waals surface area contributed by atoms with Crippen molar-refractivity contribution < 1.29 is 18.7 Å². The first-order valence-corrected chi connectivity index (χ1v) is 10.1. The predicted octanol–water partition coefficient (Wildman–Crippen LogP) is 4.52. The van der Waals surface area contributed by atoms with E-state index < -0.39 is 11.7 Å². The normalized spacial score (nSPS) is 10.6. The molecule has 0 aliphatic rings. The number of unbranched alkanes of at least 4 members (excludes halogenated alkanes) is 1. The average molecular weight is 432 g/mol. The van der Waals surface area contributed by atoms with Gasteiger partial charge >= 0.3 is 5.97 Å². The average Bonchev–Trinajstić information content (AvgIpc) is 3.09. The molecule has 150 valence electrons. The summed E-state index contributed by atoms with van der Waals surface area (Å²) in [6, 6.07) is 10.7. The molecule has 0 atom stereocenters. The van der Waals surface area contributed by atoms with Crippen molar-refractivity contribution in [2.24, 2.45) is 0 Å². The fourth-order valence-electron chi connectivity index (χ4n) is 2.44. The monoisotopic (exact) mass is 431 g/mol. The summed E-state index contributed by atoms with van der Waals surface area (Å²) in [7, 11) is 0. The van der Waals surface area contributed by atoms with Crippen molar-refractivity contribution in [3.05, 3.63) is 59.4 Å². The van der Waals surface area contributed by atoms with E-state index in [1.165, 1.54) is 29.5 Å². The quantitative estimate of drug-likeness (QED) is 0.339. The highest BCUT2D eigenvalue weighted by molar-refractivity contribution is 7.80. The molecule has 2 aromatic carbocycles. The lowest BCUT2D eigenvalue weighted by molar-refractivity contribution is 0.0500. The predicted molar refractivity (Wildman–Crippen MR) is 115 cm³/mol. The third-order valence-electron chi connectivity index (χ3n) is 3.92. The molecule has 1 heterocycles. The highest BCUT2D eigenvalue weighted by Gasteiger charge is 2.14. The van der Waals surface area contributed by atoms with Crippen LogP contribution in [0, 0.1) is 5.82 Å². The van der Waals surface area contributed by atoms with Gasteiger partial charge in [0.2, 0.25) is 0 Å². The number of amides is 1. The fraction of sp³-hybridized carbons (Fsp3) is 0.200. The molecular formula is C20H18FN3O3S2. The van der Waals surface area contributed by atoms with E-state index in [9.17, 15) is 14.0 Å². The Morgan fingerprint density at radius 2 is 2.03 bits per heavy atom. The maximum Gasteiger partial charge on any atom is 0.338 e. The number of halogens is 1. The molecule has 0 radical (unpaired) electrons. The maximum absolute atomic E-state index is 13.7. The number of thiocarbonyl (C=S) groups is 1. The number of thiazole rings is 1. The number of hydrogen-bond donors (Lipinski definition) is 2. The van der Waals surface area contributed by atoms with Gasteiger partial charge in [0.1, 0.15) is 5.82 Å². The molecule has 0 fully saturated rings. The number of anilines is 1. The summed E-state index contributed by atoms with van der Waals surface area (Å²) in [5.41, 5.74) is 1.01. The molecule has 29 heavy (non-hydrogen) atoms. The van der Waals surface area contributed by atoms with Crippen molar-refractivity contribution in [1.82, 2.24) is 10.3 Å². The van der Waals surface area contributed by atoms with Crippen LogP contribution in [-0.4, -0.2) is 28.6 Å². The first-order chi connectivity index (χ1) is 14.0. The summed E-state index contributed by atoms with van der Waals surface area (Å²) in [5, 5.41) is 5.67. The van der Waals surface area contributed by atoms with Gasteiger partial charge in [-0.15, -0.1) is 0 Å². The Morgan fingerprint density at radius 1 is 1.24 bits per heavy atom. The van der Waals surface area contributed by atoms with Crippen molar-refractivity contribution in [3.63, 3.8) is 0 Å². The summed E-state index contributed by atoms with van der Waals surface area (Å²) in [4.78, 5) is 28.6. The van der Waals surface area contributed by atoms with E-state index in [1.807, 2.05) is 6.92 Å². The molecule has 9 heteroatoms. The molecule has 1 amide bonds. The molecule has 3 rings (SSSR count). The van der Waals surface area contributed by atoms with Crippen LogP contribution in [0.15, 0.2) is 42.5 Å². The number of carbonyl (C=O) groups is 2. The first-order valence-electron chi connectivity index (χ1n) is 8.92. The van der Waals surface area contributed by atoms with Gasteiger partial charge < -0.3 is 10.1 Å². The van der Waals surface area contributed by atoms with Crippen molar-refractivity contribution in [1.29, 1.82) is 0 Å². The highest BCUT2D eigenvalue weighted by atomic mass is 32.1. The number of nitrogens with zero attached hydrogens (tertiary/aromatic N) is 1. The molecule has 2 N–H and O–H groups in total. The SMILES string of the molecule is CCCCOC(=O)c1ccc2nc(NC(=S)NC(=O)c3ccccc3F)sc2c1. The smallest absolute Gasteiger partial charge is 0.338 e. The second-order valence-electron chi connectivity index (χ2n) is 6.08. The van der Waals surface area contributed by atoms with E-state index in [-0.39, 0.29) is 16.6 Å². The van der Waals surface area contributed by atoms with Gasteiger partial charge in [-0.05, 0) is 49.0 Å². The number of carbonyl (C=O) groups excluding carboxylic acids is 2. The lowest BCUT2D eigenvalue weighted by Crippen LogP contribution is -2.34. The zero-order valence-corrected chi connectivity index (χ0v) is 17.2. The topological polar surface area (TPSA) is 80.3 Å². The standard InChI is InChI=1S/C20H18FN3O3S2/c1-2-3-10-27-18(26)12-8-9-15-16(11-12)29-20(22-15)24-19(28)23-17(25)13-6-4-5-7-14(13)21/h4-9,11H,2-3,10H2,1H3,(H2,22,23,24,25,28). The summed E-state index contributed by atoms with van der Waals surface area (Å²) in [6.45, 7) is 2.41. The van der Waals surface area contributed by atoms with E-state index in [4.69, 9.17) is 17.0 Å². The van der Waals surface area contributed by atoms with Crippen LogP contribution in [0.25, 0.3) is 10.2 Å². The Labute approximate surface area is 176 Å². The van der Waals surface area contributed by atoms with Gasteiger partial charge in [-0.25, -0.2) is 14.2 Å². The Balaban J connectivity index is 1.66. The molecule has 0 bridgehead atoms. The fourth-order valence-corrected chi connectivity index (χ4v) is 3.61. The van der Waals surface area contributed by atoms with Gasteiger partial charge in [0, 0.05) is 0 Å². The molecule has 0 aliphatic heterocycles. The molecule has 0 aliphatic carbocycles. The number of benzene rings is 2. The van der Waals surface area contributed by atoms with Crippen LogP contribution >= 0.6 is 23.6 Å². The van der Waals surface area contributed by atoms with E-state index >= 15 is 0 Å². The molecule has 0 unspecified atom stereocenters. The number of nitrogens with one attached hydrogen (secondary N) is 2. The second-order valence-corrected chi connectivity index (χ2v) is 7.52. The summed E-state index contributed by atoms with van der Waals surface area (Å²) >= 11 is 6.38. The minimum Gasteiger partial charge on any atom is -0.462 e. The first kappa shape index (κ1) is 20.8. The van der Waals surface area contributed by atoms with Crippen molar-refractivity contribution in [3.8, 4) is 0 Å². The van der Waals surface area contributed by atoms with E-state index in [1.54, 1.807) is 24.3 Å². The van der Waals surface area contributed by atoms with Crippen LogP contribution in [0.3, 0.4) is 0 Å². The Kier molecular flexibility index (Phi) is 6.84. The van der Waals surface area contributed by atoms with Crippen LogP contribution in [-0.2, 0) is 4.74 Å². The number of ether oxygens (including phenoxy) is 1. The lowest BCUT2D eigenvalue weighted by atomic mass is 10.2. The maximum atomic E-state index is 13.7. The molecular weight excluding hydrogens is 413 g/mol. The number of esters is 1. The van der Waals surface area contributed by atoms with Crippen LogP contribution in [0.5, 0.6) is 0 Å². The summed E-state index contributed by atoms with van der Waals surface area (Å²) in [5.74, 6) is -1.67. The number of hydrogen-bond acceptors (Lipinski definition) is 6. The van der Waals surface area contributed by atoms with Crippen molar-refractivity contribution in [2.75, 3.05) is 11.9 Å². The molecule has 3 aromatic rings. The van der Waals surface area contributed by atoms with Crippen molar-refractivity contribution in [2.45, 2.75) is 19.8 Å². The van der Waals surface area contributed by atoms with Crippen LogP contribution in [0.4, 0.5) is 9.52 Å². The minimum absolute atomic E-state index is 0.00323. The highest BCUT2D eigenvalue weighted by Crippen LogP contribution is 2.27. The second kappa shape index (κ2) is 9.53. The largest absolute Gasteiger partial charge is 0.462 e. The summed E-state index contributed by atoms with van der Waals surface area (Å²) < 4.78 is 19.7. The number of aromatic nitrogens is 1. The third kappa shape index (κ3) is 5.33. The molecule has 0 spiro atoms. The summed E-state index contributed by atoms with van der Waals surface area (Å²) in [6.07, 6.45) is 1.77. The zero-order chi connectivity index (χ0) is 20.8. The van der Waals surface area contributed by atoms with E-state index in [2.05, 4.69) is 15.6 Å². The van der Waals surface area contributed by atoms with Gasteiger partial charge in [-0.2, -0.15) is 0 Å². The van der Waals surface area contributed by atoms with Crippen LogP contribution in [0.2, 0.25) is 0 Å². The van der Waals surface area contributed by atoms with Crippen molar-refractivity contribution >= 4 is 55.9 Å². The Morgan fingerprint density at radius 3 is 2.79 bits per heavy atom. The number of fused-ring (bicyclic) bond motifs is 1. The van der Waals surface area contributed by atoms with Crippen LogP contribution in [0.1, 0.15) is 40.5 Å².